The number of aromatic amines is 1. The van der Waals surface area contributed by atoms with E-state index in [1.165, 1.54) is 31.5 Å². The Morgan fingerprint density at radius 1 is 1.14 bits per heavy atom. The third-order valence-corrected chi connectivity index (χ3v) is 3.80. The van der Waals surface area contributed by atoms with Gasteiger partial charge in [0.2, 0.25) is 0 Å². The number of carbonyl (C=O) groups excluding carboxylic acids is 1. The van der Waals surface area contributed by atoms with Crippen LogP contribution >= 0.6 is 0 Å². The Balaban J connectivity index is 2.03. The van der Waals surface area contributed by atoms with Gasteiger partial charge in [-0.15, -0.1) is 0 Å². The van der Waals surface area contributed by atoms with Crippen LogP contribution in [0.4, 0.5) is 13.2 Å². The average Bonchev–Trinajstić information content (AvgIpc) is 2.97. The van der Waals surface area contributed by atoms with E-state index in [0.717, 1.165) is 4.68 Å². The second kappa shape index (κ2) is 7.51. The minimum atomic E-state index is -4.97. The zero-order valence-electron chi connectivity index (χ0n) is 14.5. The fourth-order valence-electron chi connectivity index (χ4n) is 2.52. The number of rotatable bonds is 4. The predicted molar refractivity (Wildman–Crippen MR) is 95.4 cm³/mol. The number of nitrogens with one attached hydrogen (secondary N) is 2. The summed E-state index contributed by atoms with van der Waals surface area (Å²) in [4.78, 5) is 28.3. The molecule has 10 heteroatoms. The van der Waals surface area contributed by atoms with Gasteiger partial charge in [-0.1, -0.05) is 18.2 Å². The zero-order valence-corrected chi connectivity index (χ0v) is 14.5. The molecular weight excluding hydrogens is 375 g/mol. The first kappa shape index (κ1) is 19.1. The highest BCUT2D eigenvalue weighted by molar-refractivity contribution is 6.06. The van der Waals surface area contributed by atoms with E-state index in [4.69, 9.17) is 0 Å². The Labute approximate surface area is 156 Å². The van der Waals surface area contributed by atoms with Gasteiger partial charge in [0.15, 0.2) is 5.71 Å². The summed E-state index contributed by atoms with van der Waals surface area (Å²) in [5.74, 6) is -0.860. The fraction of sp³-hybridized carbons (Fsp3) is 0.111. The van der Waals surface area contributed by atoms with Crippen molar-refractivity contribution in [3.8, 4) is 5.69 Å². The van der Waals surface area contributed by atoms with E-state index in [1.54, 1.807) is 30.3 Å². The molecule has 0 bridgehead atoms. The summed E-state index contributed by atoms with van der Waals surface area (Å²) in [7, 11) is 0. The molecule has 1 aromatic carbocycles. The lowest BCUT2D eigenvalue weighted by atomic mass is 10.1. The smallest absolute Gasteiger partial charge is 0.295 e. The molecule has 1 amide bonds. The van der Waals surface area contributed by atoms with Crippen LogP contribution in [0.25, 0.3) is 5.69 Å². The quantitative estimate of drug-likeness (QED) is 0.531. The van der Waals surface area contributed by atoms with Gasteiger partial charge in [-0.05, 0) is 31.2 Å². The summed E-state index contributed by atoms with van der Waals surface area (Å²) in [5, 5.41) is 5.81. The van der Waals surface area contributed by atoms with Gasteiger partial charge in [-0.3, -0.25) is 19.7 Å². The van der Waals surface area contributed by atoms with Crippen LogP contribution in [0.3, 0.4) is 0 Å². The first-order valence-corrected chi connectivity index (χ1v) is 8.01. The summed E-state index contributed by atoms with van der Waals surface area (Å²) < 4.78 is 41.7. The van der Waals surface area contributed by atoms with E-state index in [1.807, 2.05) is 5.43 Å². The first-order chi connectivity index (χ1) is 13.3. The average molecular weight is 389 g/mol. The van der Waals surface area contributed by atoms with E-state index in [-0.39, 0.29) is 11.3 Å². The van der Waals surface area contributed by atoms with Crippen molar-refractivity contribution < 1.29 is 18.0 Å². The minimum Gasteiger partial charge on any atom is -0.295 e. The van der Waals surface area contributed by atoms with Gasteiger partial charge < -0.3 is 0 Å². The SMILES string of the molecule is Cc1[nH]n(-c2ccccc2)c(=O)c1C(=NNC(=O)c1ccncc1)C(F)(F)F. The third kappa shape index (κ3) is 3.85. The maximum atomic E-state index is 13.6. The van der Waals surface area contributed by atoms with Crippen LogP contribution in [-0.4, -0.2) is 32.6 Å². The van der Waals surface area contributed by atoms with Crippen molar-refractivity contribution in [1.82, 2.24) is 20.2 Å². The largest absolute Gasteiger partial charge is 0.435 e. The van der Waals surface area contributed by atoms with Gasteiger partial charge in [0.25, 0.3) is 11.5 Å². The molecule has 0 fully saturated rings. The molecular formula is C18H14F3N5O2. The number of hydrogen-bond acceptors (Lipinski definition) is 4. The van der Waals surface area contributed by atoms with Crippen molar-refractivity contribution in [2.45, 2.75) is 13.1 Å². The molecule has 0 aliphatic heterocycles. The van der Waals surface area contributed by atoms with Gasteiger partial charge in [-0.25, -0.2) is 10.1 Å². The minimum absolute atomic E-state index is 0.0388. The molecule has 28 heavy (non-hydrogen) atoms. The van der Waals surface area contributed by atoms with Crippen molar-refractivity contribution >= 4 is 11.6 Å². The predicted octanol–water partition coefficient (Wildman–Crippen LogP) is 2.57. The summed E-state index contributed by atoms with van der Waals surface area (Å²) in [6.45, 7) is 1.32. The normalized spacial score (nSPS) is 12.1. The number of amides is 1. The van der Waals surface area contributed by atoms with Crippen molar-refractivity contribution in [1.29, 1.82) is 0 Å². The summed E-state index contributed by atoms with van der Waals surface area (Å²) in [6, 6.07) is 10.8. The number of alkyl halides is 3. The lowest BCUT2D eigenvalue weighted by molar-refractivity contribution is -0.0584. The molecule has 0 saturated heterocycles. The number of pyridine rings is 1. The molecule has 0 spiro atoms. The molecule has 0 aliphatic carbocycles. The monoisotopic (exact) mass is 389 g/mol. The summed E-state index contributed by atoms with van der Waals surface area (Å²) >= 11 is 0. The van der Waals surface area contributed by atoms with Crippen LogP contribution in [0.5, 0.6) is 0 Å². The molecule has 144 valence electrons. The van der Waals surface area contributed by atoms with Crippen LogP contribution in [0.2, 0.25) is 0 Å². The molecule has 0 aliphatic rings. The van der Waals surface area contributed by atoms with Crippen LogP contribution in [0, 0.1) is 6.92 Å². The number of nitrogens with zero attached hydrogens (tertiary/aromatic N) is 3. The number of aromatic nitrogens is 3. The number of H-pyrrole nitrogens is 1. The molecule has 0 atom stereocenters. The number of aryl methyl sites for hydroxylation is 1. The maximum Gasteiger partial charge on any atom is 0.435 e. The van der Waals surface area contributed by atoms with Crippen LogP contribution in [0.15, 0.2) is 64.8 Å². The van der Waals surface area contributed by atoms with Crippen LogP contribution in [0.1, 0.15) is 21.6 Å². The van der Waals surface area contributed by atoms with E-state index < -0.39 is 28.9 Å². The van der Waals surface area contributed by atoms with Gasteiger partial charge in [0.1, 0.15) is 0 Å². The zero-order chi connectivity index (χ0) is 20.3. The lowest BCUT2D eigenvalue weighted by Gasteiger charge is -2.09. The molecule has 0 radical (unpaired) electrons. The van der Waals surface area contributed by atoms with Crippen LogP contribution < -0.4 is 11.0 Å². The molecule has 3 aromatic rings. The van der Waals surface area contributed by atoms with Gasteiger partial charge in [0, 0.05) is 23.7 Å². The maximum absolute atomic E-state index is 13.6. The van der Waals surface area contributed by atoms with Crippen LogP contribution in [-0.2, 0) is 0 Å². The topological polar surface area (TPSA) is 92.1 Å². The Morgan fingerprint density at radius 2 is 1.79 bits per heavy atom. The second-order valence-electron chi connectivity index (χ2n) is 5.72. The number of halogens is 3. The number of para-hydroxylation sites is 1. The van der Waals surface area contributed by atoms with Gasteiger partial charge >= 0.3 is 6.18 Å². The summed E-state index contributed by atoms with van der Waals surface area (Å²) in [5.41, 5.74) is -0.854. The molecule has 7 nitrogen and oxygen atoms in total. The first-order valence-electron chi connectivity index (χ1n) is 8.01. The third-order valence-electron chi connectivity index (χ3n) is 3.80. The summed E-state index contributed by atoms with van der Waals surface area (Å²) in [6.07, 6.45) is -2.33. The Kier molecular flexibility index (Phi) is 5.12. The van der Waals surface area contributed by atoms with Crippen molar-refractivity contribution in [2.75, 3.05) is 0 Å². The molecule has 2 heterocycles. The Bertz CT molecular complexity index is 1070. The number of hydrazone groups is 1. The molecule has 0 saturated carbocycles. The highest BCUT2D eigenvalue weighted by Crippen LogP contribution is 2.22. The van der Waals surface area contributed by atoms with E-state index in [9.17, 15) is 22.8 Å². The van der Waals surface area contributed by atoms with Crippen molar-refractivity contribution in [3.05, 3.63) is 82.0 Å². The number of carbonyl (C=O) groups is 1. The molecule has 2 aromatic heterocycles. The lowest BCUT2D eigenvalue weighted by Crippen LogP contribution is -2.33. The number of hydrogen-bond donors (Lipinski definition) is 2. The van der Waals surface area contributed by atoms with Gasteiger partial charge in [-0.2, -0.15) is 18.3 Å². The van der Waals surface area contributed by atoms with Crippen molar-refractivity contribution in [3.63, 3.8) is 0 Å². The standard InChI is InChI=1S/C18H14F3N5O2/c1-11-14(17(28)26(25-11)13-5-3-2-4-6-13)15(18(19,20)21)23-24-16(27)12-7-9-22-10-8-12/h2-10,25H,1H3,(H,24,27). The van der Waals surface area contributed by atoms with E-state index in [2.05, 4.69) is 15.2 Å². The van der Waals surface area contributed by atoms with E-state index in [0.29, 0.717) is 5.69 Å². The highest BCUT2D eigenvalue weighted by atomic mass is 19.4. The fourth-order valence-corrected chi connectivity index (χ4v) is 2.52. The van der Waals surface area contributed by atoms with Gasteiger partial charge in [0.05, 0.1) is 11.3 Å². The molecule has 0 unspecified atom stereocenters. The Hall–Kier alpha value is -3.69. The van der Waals surface area contributed by atoms with E-state index >= 15 is 0 Å². The molecule has 3 rings (SSSR count). The second-order valence-corrected chi connectivity index (χ2v) is 5.72. The highest BCUT2D eigenvalue weighted by Gasteiger charge is 2.41. The number of benzene rings is 1. The Morgan fingerprint density at radius 3 is 2.39 bits per heavy atom. The molecule has 2 N–H and O–H groups in total. The van der Waals surface area contributed by atoms with Crippen molar-refractivity contribution in [2.24, 2.45) is 5.10 Å².